The van der Waals surface area contributed by atoms with Gasteiger partial charge in [-0.1, -0.05) is 38.0 Å². The van der Waals surface area contributed by atoms with Crippen molar-refractivity contribution in [3.8, 4) is 5.75 Å². The Balaban J connectivity index is 1.32. The van der Waals surface area contributed by atoms with Gasteiger partial charge in [0, 0.05) is 0 Å². The van der Waals surface area contributed by atoms with E-state index in [1.165, 1.54) is 12.1 Å². The quantitative estimate of drug-likeness (QED) is 0.208. The Kier molecular flexibility index (Phi) is 8.76. The molecular formula is C30H35F3O3. The van der Waals surface area contributed by atoms with E-state index in [9.17, 15) is 13.6 Å². The molecule has 0 saturated heterocycles. The van der Waals surface area contributed by atoms with E-state index in [1.807, 2.05) is 0 Å². The molecule has 0 atom stereocenters. The fourth-order valence-electron chi connectivity index (χ4n) is 5.49. The topological polar surface area (TPSA) is 35.5 Å². The van der Waals surface area contributed by atoms with Gasteiger partial charge in [0.05, 0.1) is 12.2 Å². The Bertz CT molecular complexity index is 1070. The summed E-state index contributed by atoms with van der Waals surface area (Å²) in [7, 11) is 0. The van der Waals surface area contributed by atoms with Gasteiger partial charge < -0.3 is 9.47 Å². The third-order valence-electron chi connectivity index (χ3n) is 7.73. The van der Waals surface area contributed by atoms with Gasteiger partial charge in [0.1, 0.15) is 6.10 Å². The summed E-state index contributed by atoms with van der Waals surface area (Å²) in [6, 6.07) is 7.54. The number of benzene rings is 2. The Labute approximate surface area is 211 Å². The summed E-state index contributed by atoms with van der Waals surface area (Å²) in [5.41, 5.74) is 1.04. The predicted molar refractivity (Wildman–Crippen MR) is 134 cm³/mol. The molecule has 2 aromatic rings. The lowest BCUT2D eigenvalue weighted by atomic mass is 9.77. The van der Waals surface area contributed by atoms with E-state index in [4.69, 9.17) is 9.47 Å². The summed E-state index contributed by atoms with van der Waals surface area (Å²) >= 11 is 0. The summed E-state index contributed by atoms with van der Waals surface area (Å²) in [5, 5.41) is 0. The zero-order chi connectivity index (χ0) is 25.7. The van der Waals surface area contributed by atoms with Crippen molar-refractivity contribution in [1.29, 1.82) is 0 Å². The molecule has 0 aliphatic heterocycles. The number of hydrogen-bond acceptors (Lipinski definition) is 3. The van der Waals surface area contributed by atoms with Gasteiger partial charge in [-0.3, -0.25) is 0 Å². The van der Waals surface area contributed by atoms with Crippen molar-refractivity contribution in [2.45, 2.75) is 82.7 Å². The second-order valence-electron chi connectivity index (χ2n) is 10.3. The maximum absolute atomic E-state index is 15.1. The van der Waals surface area contributed by atoms with Gasteiger partial charge >= 0.3 is 5.97 Å². The molecule has 2 aromatic carbocycles. The molecule has 0 unspecified atom stereocenters. The van der Waals surface area contributed by atoms with Gasteiger partial charge in [-0.2, -0.15) is 0 Å². The Hall–Kier alpha value is -2.76. The van der Waals surface area contributed by atoms with Crippen LogP contribution in [-0.4, -0.2) is 18.7 Å². The van der Waals surface area contributed by atoms with Gasteiger partial charge in [-0.05, 0) is 92.0 Å². The Morgan fingerprint density at radius 3 is 2.06 bits per heavy atom. The summed E-state index contributed by atoms with van der Waals surface area (Å²) in [6.07, 6.45) is 8.13. The van der Waals surface area contributed by atoms with E-state index in [0.29, 0.717) is 55.8 Å². The zero-order valence-electron chi connectivity index (χ0n) is 20.9. The molecule has 0 amide bonds. The van der Waals surface area contributed by atoms with Gasteiger partial charge in [0.15, 0.2) is 23.2 Å². The molecule has 2 aliphatic rings. The van der Waals surface area contributed by atoms with E-state index < -0.39 is 23.4 Å². The second kappa shape index (κ2) is 12.0. The number of halogens is 3. The molecule has 0 spiro atoms. The molecule has 0 heterocycles. The first kappa shape index (κ1) is 26.3. The average molecular weight is 501 g/mol. The largest absolute Gasteiger partial charge is 0.490 e. The molecule has 0 aromatic heterocycles. The van der Waals surface area contributed by atoms with Crippen molar-refractivity contribution in [3.63, 3.8) is 0 Å². The molecular weight excluding hydrogens is 465 g/mol. The van der Waals surface area contributed by atoms with E-state index in [0.717, 1.165) is 31.7 Å². The maximum atomic E-state index is 15.1. The van der Waals surface area contributed by atoms with Crippen LogP contribution in [0.15, 0.2) is 43.0 Å². The third kappa shape index (κ3) is 6.13. The maximum Gasteiger partial charge on any atom is 0.338 e. The van der Waals surface area contributed by atoms with Crippen LogP contribution in [0.25, 0.3) is 0 Å². The van der Waals surface area contributed by atoms with Crippen LogP contribution < -0.4 is 4.74 Å². The van der Waals surface area contributed by atoms with E-state index >= 15 is 4.39 Å². The van der Waals surface area contributed by atoms with Crippen molar-refractivity contribution >= 4 is 5.97 Å². The number of hydrogen-bond donors (Lipinski definition) is 0. The first-order chi connectivity index (χ1) is 17.4. The van der Waals surface area contributed by atoms with Crippen molar-refractivity contribution < 1.29 is 27.4 Å². The smallest absolute Gasteiger partial charge is 0.338 e. The lowest BCUT2D eigenvalue weighted by Crippen LogP contribution is -2.24. The molecule has 3 nitrogen and oxygen atoms in total. The molecule has 0 N–H and O–H groups in total. The van der Waals surface area contributed by atoms with Crippen LogP contribution in [0.3, 0.4) is 0 Å². The molecule has 6 heteroatoms. The van der Waals surface area contributed by atoms with Crippen LogP contribution in [0.5, 0.6) is 5.75 Å². The van der Waals surface area contributed by atoms with E-state index in [-0.39, 0.29) is 29.3 Å². The fourth-order valence-corrected chi connectivity index (χ4v) is 5.49. The number of carbonyl (C=O) groups is 1. The highest BCUT2D eigenvalue weighted by Gasteiger charge is 2.30. The molecule has 2 aliphatic carbocycles. The molecule has 36 heavy (non-hydrogen) atoms. The van der Waals surface area contributed by atoms with Crippen molar-refractivity contribution in [2.24, 2.45) is 5.92 Å². The Morgan fingerprint density at radius 1 is 0.917 bits per heavy atom. The van der Waals surface area contributed by atoms with Crippen LogP contribution in [-0.2, 0) is 4.74 Å². The first-order valence-electron chi connectivity index (χ1n) is 13.1. The predicted octanol–water partition coefficient (Wildman–Crippen LogP) is 8.24. The highest BCUT2D eigenvalue weighted by molar-refractivity contribution is 5.89. The molecule has 2 saturated carbocycles. The third-order valence-corrected chi connectivity index (χ3v) is 7.73. The minimum absolute atomic E-state index is 0.0761. The van der Waals surface area contributed by atoms with Gasteiger partial charge in [-0.15, -0.1) is 6.58 Å². The molecule has 2 fully saturated rings. The molecule has 194 valence electrons. The van der Waals surface area contributed by atoms with Crippen LogP contribution in [0.2, 0.25) is 0 Å². The highest BCUT2D eigenvalue weighted by Crippen LogP contribution is 2.40. The van der Waals surface area contributed by atoms with Crippen molar-refractivity contribution in [2.75, 3.05) is 6.61 Å². The first-order valence-corrected chi connectivity index (χ1v) is 13.1. The zero-order valence-corrected chi connectivity index (χ0v) is 20.9. The summed E-state index contributed by atoms with van der Waals surface area (Å²) in [5.74, 6) is -1.93. The average Bonchev–Trinajstić information content (AvgIpc) is 2.88. The monoisotopic (exact) mass is 500 g/mol. The molecule has 0 bridgehead atoms. The van der Waals surface area contributed by atoms with Gasteiger partial charge in [0.2, 0.25) is 0 Å². The van der Waals surface area contributed by atoms with Crippen LogP contribution >= 0.6 is 0 Å². The number of esters is 1. The standard InChI is InChI=1S/C30H35F3O3/c1-3-4-17-35-27-16-11-22(18-26(27)31)30(34)36-23-12-9-21(10-13-23)25-15-14-24(28(32)29(25)33)20-7-5-19(2)6-8-20/h3,11,14-16,18-21,23H,1,4-10,12-13,17H2,2H3. The molecule has 0 radical (unpaired) electrons. The Morgan fingerprint density at radius 2 is 1.50 bits per heavy atom. The fraction of sp³-hybridized carbons (Fsp3) is 0.500. The molecule has 4 rings (SSSR count). The minimum atomic E-state index is -0.725. The summed E-state index contributed by atoms with van der Waals surface area (Å²) in [6.45, 7) is 6.10. The van der Waals surface area contributed by atoms with E-state index in [2.05, 4.69) is 13.5 Å². The SMILES string of the molecule is C=CCCOc1ccc(C(=O)OC2CCC(c3ccc(C4CCC(C)CC4)c(F)c3F)CC2)cc1F. The number of rotatable bonds is 8. The highest BCUT2D eigenvalue weighted by atomic mass is 19.2. The van der Waals surface area contributed by atoms with Gasteiger partial charge in [-0.25, -0.2) is 18.0 Å². The lowest BCUT2D eigenvalue weighted by molar-refractivity contribution is 0.0193. The van der Waals surface area contributed by atoms with Gasteiger partial charge in [0.25, 0.3) is 0 Å². The minimum Gasteiger partial charge on any atom is -0.490 e. The summed E-state index contributed by atoms with van der Waals surface area (Å²) < 4.78 is 55.2. The van der Waals surface area contributed by atoms with Crippen LogP contribution in [0.4, 0.5) is 13.2 Å². The normalized spacial score (nSPS) is 24.2. The van der Waals surface area contributed by atoms with Crippen molar-refractivity contribution in [1.82, 2.24) is 0 Å². The van der Waals surface area contributed by atoms with Crippen molar-refractivity contribution in [3.05, 3.63) is 77.1 Å². The lowest BCUT2D eigenvalue weighted by Gasteiger charge is -2.30. The van der Waals surface area contributed by atoms with Crippen LogP contribution in [0.1, 0.15) is 98.0 Å². The van der Waals surface area contributed by atoms with Crippen LogP contribution in [0, 0.1) is 23.4 Å². The summed E-state index contributed by atoms with van der Waals surface area (Å²) in [4.78, 5) is 12.5. The second-order valence-corrected chi connectivity index (χ2v) is 10.3. The van der Waals surface area contributed by atoms with E-state index in [1.54, 1.807) is 18.2 Å². The number of ether oxygens (including phenoxy) is 2. The number of carbonyl (C=O) groups excluding carboxylic acids is 1.